The van der Waals surface area contributed by atoms with Crippen molar-refractivity contribution >= 4 is 11.6 Å². The Morgan fingerprint density at radius 2 is 2.12 bits per heavy atom. The first kappa shape index (κ1) is 14.4. The predicted octanol–water partition coefficient (Wildman–Crippen LogP) is 2.98. The highest BCUT2D eigenvalue weighted by molar-refractivity contribution is 6.31. The monoisotopic (exact) mass is 259 g/mol. The molecule has 96 valence electrons. The Kier molecular flexibility index (Phi) is 5.89. The third-order valence-corrected chi connectivity index (χ3v) is 3.17. The zero-order chi connectivity index (χ0) is 12.8. The zero-order valence-electron chi connectivity index (χ0n) is 10.2. The van der Waals surface area contributed by atoms with Crippen LogP contribution in [0.25, 0.3) is 0 Å². The normalized spacial score (nSPS) is 13.1. The molecule has 0 radical (unpaired) electrons. The molecule has 1 aromatic rings. The lowest BCUT2D eigenvalue weighted by atomic mass is 10.0. The minimum Gasteiger partial charge on any atom is -0.396 e. The third-order valence-electron chi connectivity index (χ3n) is 2.81. The summed E-state index contributed by atoms with van der Waals surface area (Å²) in [6, 6.07) is 4.64. The van der Waals surface area contributed by atoms with Crippen LogP contribution in [0.5, 0.6) is 0 Å². The number of halogens is 2. The second kappa shape index (κ2) is 6.94. The van der Waals surface area contributed by atoms with Crippen LogP contribution in [0.1, 0.15) is 25.8 Å². The average molecular weight is 260 g/mol. The molecule has 1 unspecified atom stereocenters. The van der Waals surface area contributed by atoms with Gasteiger partial charge >= 0.3 is 0 Å². The minimum absolute atomic E-state index is 0.160. The van der Waals surface area contributed by atoms with Gasteiger partial charge in [-0.15, -0.1) is 0 Å². The first-order valence-corrected chi connectivity index (χ1v) is 6.20. The molecule has 0 fully saturated rings. The van der Waals surface area contributed by atoms with Gasteiger partial charge in [0.25, 0.3) is 0 Å². The summed E-state index contributed by atoms with van der Waals surface area (Å²) in [6.07, 6.45) is 0.705. The van der Waals surface area contributed by atoms with E-state index in [1.54, 1.807) is 6.07 Å². The van der Waals surface area contributed by atoms with Gasteiger partial charge < -0.3 is 10.4 Å². The van der Waals surface area contributed by atoms with Gasteiger partial charge in [0.1, 0.15) is 5.82 Å². The van der Waals surface area contributed by atoms with E-state index in [1.165, 1.54) is 12.1 Å². The standard InChI is InChI=1S/C13H19ClFNO/c1-9(2)13(5-6-17)16-8-10-3-4-11(15)7-12(10)14/h3-4,7,9,13,16-17H,5-6,8H2,1-2H3. The molecular weight excluding hydrogens is 241 g/mol. The summed E-state index contributed by atoms with van der Waals surface area (Å²) >= 11 is 5.94. The van der Waals surface area contributed by atoms with E-state index in [0.29, 0.717) is 23.9 Å². The van der Waals surface area contributed by atoms with Crippen molar-refractivity contribution in [2.75, 3.05) is 6.61 Å². The van der Waals surface area contributed by atoms with Crippen molar-refractivity contribution in [3.8, 4) is 0 Å². The molecule has 0 saturated heterocycles. The maximum absolute atomic E-state index is 12.9. The topological polar surface area (TPSA) is 32.3 Å². The smallest absolute Gasteiger partial charge is 0.124 e. The molecule has 0 aliphatic rings. The number of hydrogen-bond donors (Lipinski definition) is 2. The summed E-state index contributed by atoms with van der Waals surface area (Å²) < 4.78 is 12.9. The van der Waals surface area contributed by atoms with Crippen molar-refractivity contribution in [1.82, 2.24) is 5.32 Å². The van der Waals surface area contributed by atoms with Crippen LogP contribution in [0.3, 0.4) is 0 Å². The van der Waals surface area contributed by atoms with Crippen LogP contribution in [0, 0.1) is 11.7 Å². The first-order chi connectivity index (χ1) is 8.04. The van der Waals surface area contributed by atoms with Crippen LogP contribution in [0.4, 0.5) is 4.39 Å². The van der Waals surface area contributed by atoms with Crippen LogP contribution in [-0.4, -0.2) is 17.8 Å². The lowest BCUT2D eigenvalue weighted by molar-refractivity contribution is 0.244. The molecule has 0 amide bonds. The molecule has 1 rings (SSSR count). The second-order valence-corrected chi connectivity index (χ2v) is 4.89. The Morgan fingerprint density at radius 1 is 1.41 bits per heavy atom. The summed E-state index contributed by atoms with van der Waals surface area (Å²) in [5.41, 5.74) is 0.872. The van der Waals surface area contributed by atoms with Gasteiger partial charge in [-0.05, 0) is 30.0 Å². The Labute approximate surface area is 107 Å². The van der Waals surface area contributed by atoms with Crippen LogP contribution < -0.4 is 5.32 Å². The molecule has 2 N–H and O–H groups in total. The molecule has 17 heavy (non-hydrogen) atoms. The number of aliphatic hydroxyl groups excluding tert-OH is 1. The van der Waals surface area contributed by atoms with E-state index >= 15 is 0 Å². The maximum atomic E-state index is 12.9. The number of aliphatic hydroxyl groups is 1. The Morgan fingerprint density at radius 3 is 2.65 bits per heavy atom. The molecule has 1 aromatic carbocycles. The van der Waals surface area contributed by atoms with E-state index in [4.69, 9.17) is 16.7 Å². The maximum Gasteiger partial charge on any atom is 0.124 e. The predicted molar refractivity (Wildman–Crippen MR) is 68.6 cm³/mol. The molecule has 0 bridgehead atoms. The van der Waals surface area contributed by atoms with Gasteiger partial charge in [0, 0.05) is 24.2 Å². The van der Waals surface area contributed by atoms with Gasteiger partial charge in [-0.25, -0.2) is 4.39 Å². The van der Waals surface area contributed by atoms with Crippen LogP contribution in [0.15, 0.2) is 18.2 Å². The Balaban J connectivity index is 2.59. The first-order valence-electron chi connectivity index (χ1n) is 5.82. The van der Waals surface area contributed by atoms with E-state index in [9.17, 15) is 4.39 Å². The summed E-state index contributed by atoms with van der Waals surface area (Å²) in [7, 11) is 0. The van der Waals surface area contributed by atoms with Gasteiger partial charge in [-0.1, -0.05) is 31.5 Å². The minimum atomic E-state index is -0.325. The lowest BCUT2D eigenvalue weighted by Gasteiger charge is -2.21. The van der Waals surface area contributed by atoms with Crippen molar-refractivity contribution in [3.05, 3.63) is 34.6 Å². The fourth-order valence-corrected chi connectivity index (χ4v) is 1.95. The quantitative estimate of drug-likeness (QED) is 0.823. The summed E-state index contributed by atoms with van der Waals surface area (Å²) in [5, 5.41) is 12.7. The fraction of sp³-hybridized carbons (Fsp3) is 0.538. The highest BCUT2D eigenvalue weighted by Crippen LogP contribution is 2.17. The van der Waals surface area contributed by atoms with Gasteiger partial charge in [-0.3, -0.25) is 0 Å². The second-order valence-electron chi connectivity index (χ2n) is 4.48. The summed E-state index contributed by atoms with van der Waals surface area (Å²) in [5.74, 6) is 0.107. The number of nitrogens with one attached hydrogen (secondary N) is 1. The summed E-state index contributed by atoms with van der Waals surface area (Å²) in [4.78, 5) is 0. The lowest BCUT2D eigenvalue weighted by Crippen LogP contribution is -2.34. The molecule has 0 spiro atoms. The molecule has 0 aliphatic carbocycles. The van der Waals surface area contributed by atoms with Gasteiger partial charge in [-0.2, -0.15) is 0 Å². The van der Waals surface area contributed by atoms with Crippen molar-refractivity contribution < 1.29 is 9.50 Å². The van der Waals surface area contributed by atoms with Crippen molar-refractivity contribution in [3.63, 3.8) is 0 Å². The van der Waals surface area contributed by atoms with E-state index in [2.05, 4.69) is 19.2 Å². The van der Waals surface area contributed by atoms with Crippen molar-refractivity contribution in [2.24, 2.45) is 5.92 Å². The number of benzene rings is 1. The summed E-state index contributed by atoms with van der Waals surface area (Å²) in [6.45, 7) is 4.94. The highest BCUT2D eigenvalue weighted by Gasteiger charge is 2.12. The van der Waals surface area contributed by atoms with Gasteiger partial charge in [0.15, 0.2) is 0 Å². The van der Waals surface area contributed by atoms with Crippen LogP contribution in [-0.2, 0) is 6.54 Å². The van der Waals surface area contributed by atoms with E-state index in [1.807, 2.05) is 0 Å². The van der Waals surface area contributed by atoms with Crippen LogP contribution >= 0.6 is 11.6 Å². The van der Waals surface area contributed by atoms with Crippen molar-refractivity contribution in [2.45, 2.75) is 32.9 Å². The molecule has 2 nitrogen and oxygen atoms in total. The molecular formula is C13H19ClFNO. The average Bonchev–Trinajstić information content (AvgIpc) is 2.25. The molecule has 0 aliphatic heterocycles. The van der Waals surface area contributed by atoms with Gasteiger partial charge in [0.05, 0.1) is 0 Å². The molecule has 4 heteroatoms. The third kappa shape index (κ3) is 4.62. The van der Waals surface area contributed by atoms with E-state index in [-0.39, 0.29) is 18.5 Å². The highest BCUT2D eigenvalue weighted by atomic mass is 35.5. The van der Waals surface area contributed by atoms with Crippen molar-refractivity contribution in [1.29, 1.82) is 0 Å². The largest absolute Gasteiger partial charge is 0.396 e. The fourth-order valence-electron chi connectivity index (χ4n) is 1.72. The molecule has 0 aromatic heterocycles. The Hall–Kier alpha value is -0.640. The zero-order valence-corrected chi connectivity index (χ0v) is 11.0. The SMILES string of the molecule is CC(C)C(CCO)NCc1ccc(F)cc1Cl. The molecule has 0 heterocycles. The molecule has 1 atom stereocenters. The van der Waals surface area contributed by atoms with E-state index in [0.717, 1.165) is 5.56 Å². The molecule has 0 saturated carbocycles. The van der Waals surface area contributed by atoms with Gasteiger partial charge in [0.2, 0.25) is 0 Å². The van der Waals surface area contributed by atoms with E-state index < -0.39 is 0 Å². The Bertz CT molecular complexity index is 357. The number of hydrogen-bond acceptors (Lipinski definition) is 2. The van der Waals surface area contributed by atoms with Crippen LogP contribution in [0.2, 0.25) is 5.02 Å². The number of rotatable bonds is 6.